The first-order valence-electron chi connectivity index (χ1n) is 9.52. The van der Waals surface area contributed by atoms with Crippen molar-refractivity contribution in [1.82, 2.24) is 20.1 Å². The van der Waals surface area contributed by atoms with Crippen molar-refractivity contribution < 1.29 is 4.79 Å². The number of nitrogens with zero attached hydrogens (tertiary/aromatic N) is 3. The molecule has 152 valence electrons. The summed E-state index contributed by atoms with van der Waals surface area (Å²) in [6, 6.07) is 15.9. The van der Waals surface area contributed by atoms with Gasteiger partial charge in [-0.25, -0.2) is 0 Å². The third kappa shape index (κ3) is 5.00. The molecule has 0 radical (unpaired) electrons. The van der Waals surface area contributed by atoms with Crippen molar-refractivity contribution in [2.45, 2.75) is 38.3 Å². The van der Waals surface area contributed by atoms with Gasteiger partial charge in [0.25, 0.3) is 0 Å². The van der Waals surface area contributed by atoms with Gasteiger partial charge < -0.3 is 5.32 Å². The van der Waals surface area contributed by atoms with Crippen LogP contribution in [-0.4, -0.2) is 33.0 Å². The number of carbonyl (C=O) groups excluding carboxylic acids is 1. The number of aromatic nitrogens is 3. The van der Waals surface area contributed by atoms with Crippen molar-refractivity contribution in [3.05, 3.63) is 59.1 Å². The second-order valence-corrected chi connectivity index (χ2v) is 9.01. The monoisotopic (exact) mass is 428 g/mol. The van der Waals surface area contributed by atoms with Crippen LogP contribution in [0.3, 0.4) is 0 Å². The van der Waals surface area contributed by atoms with Gasteiger partial charge in [-0.05, 0) is 30.0 Å². The smallest absolute Gasteiger partial charge is 0.230 e. The number of nitrogens with one attached hydrogen (secondary N) is 1. The van der Waals surface area contributed by atoms with E-state index in [1.54, 1.807) is 0 Å². The summed E-state index contributed by atoms with van der Waals surface area (Å²) in [6.07, 6.45) is 0. The summed E-state index contributed by atoms with van der Waals surface area (Å²) in [5.41, 5.74) is 3.04. The molecular weight excluding hydrogens is 404 g/mol. The van der Waals surface area contributed by atoms with Crippen LogP contribution in [0.15, 0.2) is 53.7 Å². The Labute approximate surface area is 180 Å². The molecule has 0 spiro atoms. The number of benzene rings is 2. The van der Waals surface area contributed by atoms with Gasteiger partial charge in [0.15, 0.2) is 11.0 Å². The lowest BCUT2D eigenvalue weighted by atomic mass is 9.87. The van der Waals surface area contributed by atoms with Gasteiger partial charge in [0.1, 0.15) is 0 Å². The van der Waals surface area contributed by atoms with Crippen LogP contribution in [0.5, 0.6) is 0 Å². The number of halogens is 1. The molecule has 0 atom stereocenters. The average molecular weight is 429 g/mol. The normalized spacial score (nSPS) is 11.5. The molecule has 29 heavy (non-hydrogen) atoms. The van der Waals surface area contributed by atoms with E-state index in [1.807, 2.05) is 35.8 Å². The third-order valence-corrected chi connectivity index (χ3v) is 5.69. The molecule has 0 aliphatic heterocycles. The fourth-order valence-electron chi connectivity index (χ4n) is 2.90. The second kappa shape index (κ2) is 9.01. The number of thioether (sulfide) groups is 1. The molecule has 2 aromatic carbocycles. The molecule has 0 bridgehead atoms. The van der Waals surface area contributed by atoms with Crippen molar-refractivity contribution in [1.29, 1.82) is 0 Å². The topological polar surface area (TPSA) is 59.8 Å². The molecule has 7 heteroatoms. The second-order valence-electron chi connectivity index (χ2n) is 7.66. The highest BCUT2D eigenvalue weighted by molar-refractivity contribution is 7.99. The van der Waals surface area contributed by atoms with E-state index in [0.717, 1.165) is 11.3 Å². The molecule has 5 nitrogen and oxygen atoms in total. The van der Waals surface area contributed by atoms with E-state index in [2.05, 4.69) is 60.6 Å². The lowest BCUT2D eigenvalue weighted by Gasteiger charge is -2.19. The predicted molar refractivity (Wildman–Crippen MR) is 120 cm³/mol. The highest BCUT2D eigenvalue weighted by atomic mass is 35.5. The first-order valence-corrected chi connectivity index (χ1v) is 10.9. The van der Waals surface area contributed by atoms with Crippen molar-refractivity contribution in [3.8, 4) is 17.1 Å². The van der Waals surface area contributed by atoms with Crippen LogP contribution in [-0.2, 0) is 10.2 Å². The fraction of sp³-hybridized carbons (Fsp3) is 0.318. The largest absolute Gasteiger partial charge is 0.356 e. The van der Waals surface area contributed by atoms with Crippen molar-refractivity contribution in [3.63, 3.8) is 0 Å². The van der Waals surface area contributed by atoms with Crippen LogP contribution in [0.4, 0.5) is 0 Å². The number of para-hydroxylation sites is 1. The summed E-state index contributed by atoms with van der Waals surface area (Å²) in [5.74, 6) is 0.915. The Hall–Kier alpha value is -2.31. The molecule has 3 rings (SSSR count). The van der Waals surface area contributed by atoms with Crippen LogP contribution >= 0.6 is 23.4 Å². The van der Waals surface area contributed by atoms with E-state index in [-0.39, 0.29) is 17.1 Å². The van der Waals surface area contributed by atoms with E-state index < -0.39 is 0 Å². The molecular formula is C22H25ClN4OS. The predicted octanol–water partition coefficient (Wildman–Crippen LogP) is 5.11. The quantitative estimate of drug-likeness (QED) is 0.554. The number of carbonyl (C=O) groups is 1. The summed E-state index contributed by atoms with van der Waals surface area (Å²) < 4.78 is 1.92. The summed E-state index contributed by atoms with van der Waals surface area (Å²) >= 11 is 7.82. The Kier molecular flexibility index (Phi) is 6.65. The Balaban J connectivity index is 2.03. The minimum Gasteiger partial charge on any atom is -0.356 e. The van der Waals surface area contributed by atoms with Gasteiger partial charge in [0, 0.05) is 12.1 Å². The highest BCUT2D eigenvalue weighted by Crippen LogP contribution is 2.32. The Morgan fingerprint density at radius 3 is 2.41 bits per heavy atom. The molecule has 0 fully saturated rings. The molecule has 0 aliphatic carbocycles. The molecule has 3 aromatic rings. The summed E-state index contributed by atoms with van der Waals surface area (Å²) in [7, 11) is 0. The summed E-state index contributed by atoms with van der Waals surface area (Å²) in [4.78, 5) is 11.9. The zero-order valence-corrected chi connectivity index (χ0v) is 18.6. The summed E-state index contributed by atoms with van der Waals surface area (Å²) in [5, 5.41) is 12.8. The lowest BCUT2D eigenvalue weighted by molar-refractivity contribution is -0.118. The molecule has 1 N–H and O–H groups in total. The van der Waals surface area contributed by atoms with Crippen LogP contribution in [0.1, 0.15) is 33.3 Å². The van der Waals surface area contributed by atoms with Crippen LogP contribution in [0.2, 0.25) is 5.02 Å². The molecule has 1 amide bonds. The maximum Gasteiger partial charge on any atom is 0.230 e. The van der Waals surface area contributed by atoms with Crippen LogP contribution < -0.4 is 5.32 Å². The first-order chi connectivity index (χ1) is 13.8. The van der Waals surface area contributed by atoms with Gasteiger partial charge >= 0.3 is 0 Å². The van der Waals surface area contributed by atoms with E-state index >= 15 is 0 Å². The number of hydrogen-bond acceptors (Lipinski definition) is 4. The average Bonchev–Trinajstić information content (AvgIpc) is 3.10. The van der Waals surface area contributed by atoms with Crippen molar-refractivity contribution >= 4 is 29.3 Å². The molecule has 0 unspecified atom stereocenters. The molecule has 0 saturated carbocycles. The summed E-state index contributed by atoms with van der Waals surface area (Å²) in [6.45, 7) is 9.05. The minimum absolute atomic E-state index is 0.0395. The van der Waals surface area contributed by atoms with E-state index in [1.165, 1.54) is 17.3 Å². The van der Waals surface area contributed by atoms with Gasteiger partial charge in [-0.1, -0.05) is 80.5 Å². The number of amides is 1. The Morgan fingerprint density at radius 1 is 1.10 bits per heavy atom. The van der Waals surface area contributed by atoms with Crippen molar-refractivity contribution in [2.24, 2.45) is 0 Å². The van der Waals surface area contributed by atoms with E-state index in [0.29, 0.717) is 22.5 Å². The van der Waals surface area contributed by atoms with Gasteiger partial charge in [0.2, 0.25) is 5.91 Å². The van der Waals surface area contributed by atoms with Gasteiger partial charge in [0.05, 0.1) is 16.5 Å². The first kappa shape index (κ1) is 21.4. The minimum atomic E-state index is -0.0395. The molecule has 1 aromatic heterocycles. The Morgan fingerprint density at radius 2 is 1.79 bits per heavy atom. The van der Waals surface area contributed by atoms with Crippen molar-refractivity contribution in [2.75, 3.05) is 12.3 Å². The maximum atomic E-state index is 11.9. The van der Waals surface area contributed by atoms with Gasteiger partial charge in [-0.2, -0.15) is 0 Å². The number of hydrogen-bond donors (Lipinski definition) is 1. The molecule has 1 heterocycles. The maximum absolute atomic E-state index is 11.9. The van der Waals surface area contributed by atoms with E-state index in [9.17, 15) is 4.79 Å². The number of rotatable bonds is 6. The van der Waals surface area contributed by atoms with Crippen LogP contribution in [0, 0.1) is 0 Å². The van der Waals surface area contributed by atoms with Crippen LogP contribution in [0.25, 0.3) is 17.1 Å². The zero-order valence-electron chi connectivity index (χ0n) is 17.1. The highest BCUT2D eigenvalue weighted by Gasteiger charge is 2.20. The molecule has 0 aliphatic rings. The fourth-order valence-corrected chi connectivity index (χ4v) is 3.89. The molecule has 0 saturated heterocycles. The SMILES string of the molecule is CCNC(=O)CSc1nnc(-c2ccc(C(C)(C)C)cc2)n1-c1ccccc1Cl. The van der Waals surface area contributed by atoms with Gasteiger partial charge in [-0.3, -0.25) is 9.36 Å². The van der Waals surface area contributed by atoms with E-state index in [4.69, 9.17) is 11.6 Å². The Bertz CT molecular complexity index is 993. The third-order valence-electron chi connectivity index (χ3n) is 4.44. The zero-order chi connectivity index (χ0) is 21.0. The lowest BCUT2D eigenvalue weighted by Crippen LogP contribution is -2.24. The van der Waals surface area contributed by atoms with Gasteiger partial charge in [-0.15, -0.1) is 10.2 Å². The standard InChI is InChI=1S/C22H25ClN4OS/c1-5-24-19(28)14-29-21-26-25-20(27(21)18-9-7-6-8-17(18)23)15-10-12-16(13-11-15)22(2,3)4/h6-13H,5,14H2,1-4H3,(H,24,28).